The summed E-state index contributed by atoms with van der Waals surface area (Å²) in [7, 11) is 0. The fourth-order valence-electron chi connectivity index (χ4n) is 9.04. The van der Waals surface area contributed by atoms with Crippen molar-refractivity contribution in [2.24, 2.45) is 0 Å². The van der Waals surface area contributed by atoms with E-state index in [0.717, 1.165) is 32.9 Å². The van der Waals surface area contributed by atoms with E-state index in [1.54, 1.807) is 22.5 Å². The van der Waals surface area contributed by atoms with Gasteiger partial charge in [0.1, 0.15) is 0 Å². The quantitative estimate of drug-likeness (QED) is 0.195. The first-order chi connectivity index (χ1) is 22.5. The summed E-state index contributed by atoms with van der Waals surface area (Å²) < 4.78 is 2.41. The number of fused-ring (bicyclic) bond motifs is 11. The van der Waals surface area contributed by atoms with Crippen molar-refractivity contribution in [1.29, 1.82) is 0 Å². The molecule has 222 valence electrons. The van der Waals surface area contributed by atoms with Gasteiger partial charge in [-0.1, -0.05) is 118 Å². The third kappa shape index (κ3) is 3.52. The molecule has 0 unspecified atom stereocenters. The molecular formula is C43H34N2S. The largest absolute Gasteiger partial charge is 0.226 e. The molecule has 10 rings (SSSR count). The Labute approximate surface area is 273 Å². The van der Waals surface area contributed by atoms with Crippen molar-refractivity contribution in [1.82, 2.24) is 9.97 Å². The average molecular weight is 611 g/mol. The fourth-order valence-corrected chi connectivity index (χ4v) is 10.2. The molecule has 0 radical (unpaired) electrons. The zero-order chi connectivity index (χ0) is 30.6. The third-order valence-electron chi connectivity index (χ3n) is 11.3. The Balaban J connectivity index is 1.21. The van der Waals surface area contributed by atoms with Crippen LogP contribution in [-0.4, -0.2) is 9.97 Å². The monoisotopic (exact) mass is 610 g/mol. The van der Waals surface area contributed by atoms with Crippen molar-refractivity contribution < 1.29 is 0 Å². The van der Waals surface area contributed by atoms with Crippen LogP contribution in [0.1, 0.15) is 68.2 Å². The predicted molar refractivity (Wildman–Crippen MR) is 193 cm³/mol. The van der Waals surface area contributed by atoms with E-state index >= 15 is 0 Å². The van der Waals surface area contributed by atoms with Gasteiger partial charge in [-0.3, -0.25) is 0 Å². The Morgan fingerprint density at radius 2 is 1.28 bits per heavy atom. The number of nitrogens with zero attached hydrogens (tertiary/aromatic N) is 2. The van der Waals surface area contributed by atoms with Crippen LogP contribution in [0.5, 0.6) is 0 Å². The molecule has 7 aromatic rings. The molecule has 0 amide bonds. The van der Waals surface area contributed by atoms with Gasteiger partial charge in [0, 0.05) is 32.0 Å². The number of rotatable bonds is 2. The summed E-state index contributed by atoms with van der Waals surface area (Å²) in [4.78, 5) is 10.5. The lowest BCUT2D eigenvalue weighted by Gasteiger charge is -2.36. The van der Waals surface area contributed by atoms with Crippen molar-refractivity contribution in [3.05, 3.63) is 131 Å². The van der Waals surface area contributed by atoms with Crippen LogP contribution in [0.25, 0.3) is 65.2 Å². The maximum Gasteiger partial charge on any atom is 0.160 e. The molecule has 1 saturated carbocycles. The summed E-state index contributed by atoms with van der Waals surface area (Å²) >= 11 is 1.80. The first kappa shape index (κ1) is 26.6. The van der Waals surface area contributed by atoms with Crippen LogP contribution >= 0.6 is 11.3 Å². The van der Waals surface area contributed by atoms with Gasteiger partial charge in [-0.05, 0) is 81.6 Å². The predicted octanol–water partition coefficient (Wildman–Crippen LogP) is 11.7. The topological polar surface area (TPSA) is 25.8 Å². The van der Waals surface area contributed by atoms with Crippen LogP contribution in [0.3, 0.4) is 0 Å². The van der Waals surface area contributed by atoms with Crippen LogP contribution in [0, 0.1) is 0 Å². The minimum atomic E-state index is -0.0801. The highest BCUT2D eigenvalue weighted by atomic mass is 32.1. The zero-order valence-electron chi connectivity index (χ0n) is 26.2. The summed E-state index contributed by atoms with van der Waals surface area (Å²) in [5.74, 6) is 0.780. The SMILES string of the molecule is CC1(C)c2ccc(-c3nc(-c4ccccc4)nc4c3sc3ccccc34)cc2-c2cc3c(cc21)-c1ccccc1C31CCCCC1. The van der Waals surface area contributed by atoms with Crippen molar-refractivity contribution in [3.63, 3.8) is 0 Å². The van der Waals surface area contributed by atoms with Crippen molar-refractivity contribution in [3.8, 4) is 44.9 Å². The molecule has 1 spiro atoms. The summed E-state index contributed by atoms with van der Waals surface area (Å²) in [6.45, 7) is 4.81. The molecule has 3 aliphatic rings. The van der Waals surface area contributed by atoms with E-state index in [-0.39, 0.29) is 10.8 Å². The van der Waals surface area contributed by atoms with Crippen LogP contribution in [0.2, 0.25) is 0 Å². The maximum atomic E-state index is 5.31. The van der Waals surface area contributed by atoms with E-state index in [4.69, 9.17) is 9.97 Å². The van der Waals surface area contributed by atoms with Crippen LogP contribution < -0.4 is 0 Å². The third-order valence-corrected chi connectivity index (χ3v) is 12.5. The van der Waals surface area contributed by atoms with E-state index in [1.165, 1.54) is 75.6 Å². The summed E-state index contributed by atoms with van der Waals surface area (Å²) in [5.41, 5.74) is 16.0. The van der Waals surface area contributed by atoms with Gasteiger partial charge < -0.3 is 0 Å². The lowest BCUT2D eigenvalue weighted by Crippen LogP contribution is -2.28. The maximum absolute atomic E-state index is 5.31. The van der Waals surface area contributed by atoms with Crippen LogP contribution in [0.4, 0.5) is 0 Å². The molecule has 2 nitrogen and oxygen atoms in total. The standard InChI is InChI=1S/C43H34N2S/c1-42(2)33-20-19-27(38-40-39(29-16-8-10-18-37(29)46-40)45-41(44-38)26-13-5-3-6-14-26)23-30(33)32-25-36-31(24-35(32)42)28-15-7-9-17-34(28)43(36)21-11-4-12-22-43/h3,5-10,13-20,23-25H,4,11-12,21-22H2,1-2H3. The highest BCUT2D eigenvalue weighted by Crippen LogP contribution is 2.60. The fraction of sp³-hybridized carbons (Fsp3) is 0.209. The number of thiophene rings is 1. The van der Waals surface area contributed by atoms with Crippen LogP contribution in [-0.2, 0) is 10.8 Å². The van der Waals surface area contributed by atoms with Crippen molar-refractivity contribution in [2.45, 2.75) is 56.8 Å². The molecule has 3 heteroatoms. The summed E-state index contributed by atoms with van der Waals surface area (Å²) in [5, 5.41) is 1.20. The molecule has 0 N–H and O–H groups in total. The Kier molecular flexibility index (Phi) is 5.47. The lowest BCUT2D eigenvalue weighted by atomic mass is 9.67. The van der Waals surface area contributed by atoms with Crippen molar-refractivity contribution in [2.75, 3.05) is 0 Å². The Hall–Kier alpha value is -4.60. The molecule has 2 heterocycles. The Morgan fingerprint density at radius 3 is 2.15 bits per heavy atom. The zero-order valence-corrected chi connectivity index (χ0v) is 27.0. The van der Waals surface area contributed by atoms with Gasteiger partial charge in [0.2, 0.25) is 0 Å². The average Bonchev–Trinajstić information content (AvgIpc) is 3.68. The minimum Gasteiger partial charge on any atom is -0.226 e. The van der Waals surface area contributed by atoms with E-state index in [2.05, 4.69) is 123 Å². The van der Waals surface area contributed by atoms with E-state index in [1.807, 2.05) is 0 Å². The van der Waals surface area contributed by atoms with Gasteiger partial charge in [-0.2, -0.15) is 0 Å². The smallest absolute Gasteiger partial charge is 0.160 e. The minimum absolute atomic E-state index is 0.0801. The van der Waals surface area contributed by atoms with E-state index in [0.29, 0.717) is 0 Å². The summed E-state index contributed by atoms with van der Waals surface area (Å²) in [6.07, 6.45) is 6.46. The van der Waals surface area contributed by atoms with Gasteiger partial charge >= 0.3 is 0 Å². The number of aromatic nitrogens is 2. The molecule has 0 saturated heterocycles. The van der Waals surface area contributed by atoms with Gasteiger partial charge in [0.05, 0.1) is 15.9 Å². The molecule has 3 aliphatic carbocycles. The lowest BCUT2D eigenvalue weighted by molar-refractivity contribution is 0.353. The summed E-state index contributed by atoms with van der Waals surface area (Å²) in [6, 6.07) is 40.6. The highest BCUT2D eigenvalue weighted by Gasteiger charge is 2.46. The number of hydrogen-bond acceptors (Lipinski definition) is 3. The van der Waals surface area contributed by atoms with Gasteiger partial charge in [0.15, 0.2) is 5.82 Å². The molecule has 46 heavy (non-hydrogen) atoms. The van der Waals surface area contributed by atoms with Gasteiger partial charge in [0.25, 0.3) is 0 Å². The van der Waals surface area contributed by atoms with Crippen LogP contribution in [0.15, 0.2) is 109 Å². The second-order valence-corrected chi connectivity index (χ2v) is 15.1. The second-order valence-electron chi connectivity index (χ2n) is 14.1. The molecular weight excluding hydrogens is 577 g/mol. The first-order valence-electron chi connectivity index (χ1n) is 16.7. The Bertz CT molecular complexity index is 2370. The van der Waals surface area contributed by atoms with Crippen molar-refractivity contribution >= 4 is 31.6 Å². The first-order valence-corrected chi connectivity index (χ1v) is 17.5. The molecule has 1 fully saturated rings. The van der Waals surface area contributed by atoms with Gasteiger partial charge in [-0.15, -0.1) is 11.3 Å². The molecule has 5 aromatic carbocycles. The Morgan fingerprint density at radius 1 is 0.565 bits per heavy atom. The van der Waals surface area contributed by atoms with E-state index < -0.39 is 0 Å². The highest BCUT2D eigenvalue weighted by molar-refractivity contribution is 7.26. The van der Waals surface area contributed by atoms with E-state index in [9.17, 15) is 0 Å². The normalized spacial score (nSPS) is 16.8. The molecule has 0 bridgehead atoms. The van der Waals surface area contributed by atoms with Gasteiger partial charge in [-0.25, -0.2) is 9.97 Å². The number of benzene rings is 5. The molecule has 0 aliphatic heterocycles. The second kappa shape index (κ2) is 9.47. The number of hydrogen-bond donors (Lipinski definition) is 0. The molecule has 2 aromatic heterocycles. The molecule has 0 atom stereocenters.